The zero-order chi connectivity index (χ0) is 35.0. The van der Waals surface area contributed by atoms with Crippen LogP contribution in [0, 0.1) is 35.0 Å². The number of rotatable bonds is 22. The molecule has 12 nitrogen and oxygen atoms in total. The fraction of sp³-hybridized carbons (Fsp3) is 0.771. The summed E-state index contributed by atoms with van der Waals surface area (Å²) in [4.78, 5) is 75.0. The van der Waals surface area contributed by atoms with Gasteiger partial charge in [0.1, 0.15) is 11.6 Å². The molecule has 2 N–H and O–H groups in total. The van der Waals surface area contributed by atoms with Gasteiger partial charge in [0.2, 0.25) is 11.8 Å². The van der Waals surface area contributed by atoms with Gasteiger partial charge < -0.3 is 24.8 Å². The van der Waals surface area contributed by atoms with E-state index in [2.05, 4.69) is 10.6 Å². The normalized spacial score (nSPS) is 19.6. The molecule has 0 saturated heterocycles. The van der Waals surface area contributed by atoms with Crippen molar-refractivity contribution in [3.8, 4) is 0 Å². The molecular formula is C35H57N3O9. The van der Waals surface area contributed by atoms with E-state index in [1.807, 2.05) is 34.6 Å². The Bertz CT molecular complexity index is 1070. The Kier molecular flexibility index (Phi) is 17.5. The van der Waals surface area contributed by atoms with Crippen molar-refractivity contribution >= 4 is 35.2 Å². The van der Waals surface area contributed by atoms with Gasteiger partial charge in [-0.2, -0.15) is 0 Å². The number of amides is 4. The van der Waals surface area contributed by atoms with Gasteiger partial charge in [-0.3, -0.25) is 33.7 Å². The van der Waals surface area contributed by atoms with Crippen LogP contribution in [0.25, 0.3) is 0 Å². The number of imide groups is 1. The quantitative estimate of drug-likeness (QED) is 0.131. The molecular weight excluding hydrogens is 606 g/mol. The average Bonchev–Trinajstić information content (AvgIpc) is 3.33. The second-order valence-corrected chi connectivity index (χ2v) is 14.1. The molecule has 2 rings (SSSR count). The molecule has 1 saturated carbocycles. The summed E-state index contributed by atoms with van der Waals surface area (Å²) >= 11 is 0. The van der Waals surface area contributed by atoms with Crippen molar-refractivity contribution in [3.63, 3.8) is 0 Å². The highest BCUT2D eigenvalue weighted by atomic mass is 16.5. The van der Waals surface area contributed by atoms with Gasteiger partial charge in [-0.15, -0.1) is 0 Å². The highest BCUT2D eigenvalue weighted by molar-refractivity contribution is 6.12. The smallest absolute Gasteiger partial charge is 0.253 e. The topological polar surface area (TPSA) is 157 Å². The third kappa shape index (κ3) is 14.8. The van der Waals surface area contributed by atoms with E-state index in [9.17, 15) is 28.8 Å². The van der Waals surface area contributed by atoms with Crippen LogP contribution in [0.4, 0.5) is 0 Å². The second-order valence-electron chi connectivity index (χ2n) is 14.1. The lowest BCUT2D eigenvalue weighted by Gasteiger charge is -2.30. The van der Waals surface area contributed by atoms with E-state index in [1.165, 1.54) is 17.1 Å². The first-order valence-electron chi connectivity index (χ1n) is 17.1. The van der Waals surface area contributed by atoms with Crippen LogP contribution in [0.15, 0.2) is 12.2 Å². The van der Waals surface area contributed by atoms with Crippen LogP contribution in [-0.4, -0.2) is 99.4 Å². The molecule has 1 aliphatic heterocycles. The predicted molar refractivity (Wildman–Crippen MR) is 176 cm³/mol. The zero-order valence-electron chi connectivity index (χ0n) is 29.3. The summed E-state index contributed by atoms with van der Waals surface area (Å²) < 4.78 is 16.6. The first kappa shape index (κ1) is 40.2. The summed E-state index contributed by atoms with van der Waals surface area (Å²) in [6.07, 6.45) is 6.00. The lowest BCUT2D eigenvalue weighted by Crippen LogP contribution is -2.39. The average molecular weight is 664 g/mol. The highest BCUT2D eigenvalue weighted by Gasteiger charge is 2.32. The molecule has 12 heteroatoms. The molecule has 266 valence electrons. The number of nitrogens with one attached hydrogen (secondary N) is 2. The number of hydrogen-bond donors (Lipinski definition) is 2. The first-order valence-corrected chi connectivity index (χ1v) is 17.1. The van der Waals surface area contributed by atoms with Gasteiger partial charge in [-0.05, 0) is 37.5 Å². The third-order valence-corrected chi connectivity index (χ3v) is 8.83. The van der Waals surface area contributed by atoms with Crippen molar-refractivity contribution in [2.75, 3.05) is 59.3 Å². The maximum Gasteiger partial charge on any atom is 0.253 e. The maximum atomic E-state index is 12.7. The van der Waals surface area contributed by atoms with E-state index in [1.54, 1.807) is 6.92 Å². The molecule has 4 amide bonds. The van der Waals surface area contributed by atoms with Crippen molar-refractivity contribution in [1.29, 1.82) is 0 Å². The summed E-state index contributed by atoms with van der Waals surface area (Å²) in [5, 5.41) is 5.77. The Hall–Kier alpha value is -2.96. The van der Waals surface area contributed by atoms with Gasteiger partial charge in [0.15, 0.2) is 0 Å². The first-order chi connectivity index (χ1) is 22.2. The Labute approximate surface area is 280 Å². The van der Waals surface area contributed by atoms with Gasteiger partial charge in [0.25, 0.3) is 11.8 Å². The molecule has 1 fully saturated rings. The summed E-state index contributed by atoms with van der Waals surface area (Å²) in [5.74, 6) is -1.44. The molecule has 0 bridgehead atoms. The van der Waals surface area contributed by atoms with Crippen LogP contribution in [-0.2, 0) is 43.0 Å². The fourth-order valence-electron chi connectivity index (χ4n) is 5.53. The second kappa shape index (κ2) is 20.4. The zero-order valence-corrected chi connectivity index (χ0v) is 29.3. The van der Waals surface area contributed by atoms with Gasteiger partial charge in [-0.1, -0.05) is 41.5 Å². The molecule has 1 aliphatic carbocycles. The largest absolute Gasteiger partial charge is 0.377 e. The van der Waals surface area contributed by atoms with Gasteiger partial charge >= 0.3 is 0 Å². The molecule has 2 atom stereocenters. The van der Waals surface area contributed by atoms with E-state index < -0.39 is 17.3 Å². The monoisotopic (exact) mass is 663 g/mol. The van der Waals surface area contributed by atoms with Gasteiger partial charge in [0, 0.05) is 67.8 Å². The van der Waals surface area contributed by atoms with Crippen molar-refractivity contribution in [2.24, 2.45) is 35.0 Å². The van der Waals surface area contributed by atoms with E-state index in [0.717, 1.165) is 25.7 Å². The number of carbonyl (C=O) groups is 6. The molecule has 0 aromatic heterocycles. The van der Waals surface area contributed by atoms with Crippen molar-refractivity contribution in [3.05, 3.63) is 12.2 Å². The molecule has 0 spiro atoms. The number of carbonyl (C=O) groups excluding carboxylic acids is 6. The van der Waals surface area contributed by atoms with Crippen LogP contribution in [0.5, 0.6) is 0 Å². The Morgan fingerprint density at radius 1 is 0.787 bits per heavy atom. The fourth-order valence-corrected chi connectivity index (χ4v) is 5.53. The van der Waals surface area contributed by atoms with Crippen LogP contribution >= 0.6 is 0 Å². The van der Waals surface area contributed by atoms with E-state index >= 15 is 0 Å². The van der Waals surface area contributed by atoms with Crippen molar-refractivity contribution < 1.29 is 43.0 Å². The molecule has 0 aromatic rings. The lowest BCUT2D eigenvalue weighted by atomic mass is 9.81. The lowest BCUT2D eigenvalue weighted by molar-refractivity contribution is -0.138. The van der Waals surface area contributed by atoms with E-state index in [0.29, 0.717) is 59.3 Å². The van der Waals surface area contributed by atoms with E-state index in [4.69, 9.17) is 14.2 Å². The SMILES string of the molecule is CC(C)[C@@H](CC(=O)[C@@H](C)CC(=O)C(C)(C)C)C(=O)NCCOCCOCCOCCNC(=O)C1CCC(CN2C(=O)C=CC2=O)CC1. The molecule has 1 heterocycles. The minimum absolute atomic E-state index is 0.0127. The van der Waals surface area contributed by atoms with Gasteiger partial charge in [0.05, 0.1) is 39.6 Å². The standard InChI is InChI=1S/C35H57N3O9/c1-24(2)28(22-29(39)25(3)21-30(40)35(4,5)6)34(44)37-14-16-46-18-20-47-19-17-45-15-13-36-33(43)27-9-7-26(8-10-27)23-38-31(41)11-12-32(38)42/h11-12,24-28H,7-10,13-23H2,1-6H3,(H,36,43)(H,37,44)/t25-,26?,27?,28+/m0/s1. The molecule has 0 radical (unpaired) electrons. The number of ether oxygens (including phenoxy) is 3. The third-order valence-electron chi connectivity index (χ3n) is 8.83. The minimum Gasteiger partial charge on any atom is -0.377 e. The van der Waals surface area contributed by atoms with Crippen LogP contribution in [0.2, 0.25) is 0 Å². The highest BCUT2D eigenvalue weighted by Crippen LogP contribution is 2.30. The van der Waals surface area contributed by atoms with Crippen LogP contribution in [0.3, 0.4) is 0 Å². The Balaban J connectivity index is 1.44. The van der Waals surface area contributed by atoms with Crippen LogP contribution < -0.4 is 10.6 Å². The number of hydrogen-bond acceptors (Lipinski definition) is 9. The van der Waals surface area contributed by atoms with Crippen molar-refractivity contribution in [2.45, 2.75) is 80.1 Å². The Morgan fingerprint density at radius 2 is 1.30 bits per heavy atom. The summed E-state index contributed by atoms with van der Waals surface area (Å²) in [6.45, 7) is 14.5. The summed E-state index contributed by atoms with van der Waals surface area (Å²) in [5.41, 5.74) is -0.493. The predicted octanol–water partition coefficient (Wildman–Crippen LogP) is 2.87. The molecule has 47 heavy (non-hydrogen) atoms. The minimum atomic E-state index is -0.493. The number of ketones is 2. The number of nitrogens with zero attached hydrogens (tertiary/aromatic N) is 1. The van der Waals surface area contributed by atoms with E-state index in [-0.39, 0.29) is 65.8 Å². The van der Waals surface area contributed by atoms with Gasteiger partial charge in [-0.25, -0.2) is 0 Å². The summed E-state index contributed by atoms with van der Waals surface area (Å²) in [6, 6.07) is 0. The molecule has 0 aromatic carbocycles. The summed E-state index contributed by atoms with van der Waals surface area (Å²) in [7, 11) is 0. The maximum absolute atomic E-state index is 12.7. The Morgan fingerprint density at radius 3 is 1.81 bits per heavy atom. The van der Waals surface area contributed by atoms with Crippen molar-refractivity contribution in [1.82, 2.24) is 15.5 Å². The molecule has 2 aliphatic rings. The number of Topliss-reactive ketones (excluding diaryl/α,β-unsaturated/α-hetero) is 2. The van der Waals surface area contributed by atoms with Crippen LogP contribution in [0.1, 0.15) is 80.1 Å². The molecule has 0 unspecified atom stereocenters.